The number of Topliss-reactive ketones (excluding diaryl/α,β-unsaturated/α-hetero) is 1. The third-order valence-corrected chi connectivity index (χ3v) is 5.11. The van der Waals surface area contributed by atoms with Gasteiger partial charge in [-0.2, -0.15) is 0 Å². The fourth-order valence-corrected chi connectivity index (χ4v) is 3.31. The van der Waals surface area contributed by atoms with Crippen molar-refractivity contribution in [3.8, 4) is 17.2 Å². The van der Waals surface area contributed by atoms with Crippen LogP contribution in [0.15, 0.2) is 35.4 Å². The Bertz CT molecular complexity index is 712. The molecule has 0 spiro atoms. The van der Waals surface area contributed by atoms with Gasteiger partial charge in [0.1, 0.15) is 29.4 Å². The van der Waals surface area contributed by atoms with Crippen LogP contribution in [0.5, 0.6) is 17.2 Å². The summed E-state index contributed by atoms with van der Waals surface area (Å²) in [6.07, 6.45) is 14.4. The van der Waals surface area contributed by atoms with Crippen molar-refractivity contribution < 1.29 is 19.7 Å². The number of hydrogen-bond donors (Lipinski definition) is 2. The number of ether oxygens (including phenoxy) is 1. The number of rotatable bonds is 15. The maximum atomic E-state index is 12.7. The molecular weight excluding hydrogens is 376 g/mol. The van der Waals surface area contributed by atoms with Gasteiger partial charge in [0, 0.05) is 18.6 Å². The highest BCUT2D eigenvalue weighted by atomic mass is 16.5. The number of hydrogen-bond acceptors (Lipinski definition) is 4. The summed E-state index contributed by atoms with van der Waals surface area (Å²) in [6.45, 7) is 8.71. The summed E-state index contributed by atoms with van der Waals surface area (Å²) in [5, 5.41) is 20.1. The zero-order chi connectivity index (χ0) is 22.4. The Morgan fingerprint density at radius 3 is 2.27 bits per heavy atom. The molecule has 0 fully saturated rings. The highest BCUT2D eigenvalue weighted by Gasteiger charge is 2.19. The van der Waals surface area contributed by atoms with E-state index in [-0.39, 0.29) is 28.6 Å². The summed E-state index contributed by atoms with van der Waals surface area (Å²) in [6, 6.07) is 2.61. The molecular formula is C26H40O4. The summed E-state index contributed by atoms with van der Waals surface area (Å²) in [7, 11) is 0. The van der Waals surface area contributed by atoms with Gasteiger partial charge in [0.25, 0.3) is 0 Å². The lowest BCUT2D eigenvalue weighted by Gasteiger charge is -2.12. The highest BCUT2D eigenvalue weighted by Crippen LogP contribution is 2.34. The van der Waals surface area contributed by atoms with Crippen LogP contribution < -0.4 is 4.74 Å². The Morgan fingerprint density at radius 1 is 0.933 bits per heavy atom. The Labute approximate surface area is 182 Å². The van der Waals surface area contributed by atoms with E-state index in [4.69, 9.17) is 4.74 Å². The zero-order valence-corrected chi connectivity index (χ0v) is 19.3. The second-order valence-corrected chi connectivity index (χ2v) is 8.31. The standard InChI is InChI=1S/C26H40O4/c1-5-6-7-8-9-10-11-15-23(28)26-24(29)18-22(27)19-25(26)30-17-16-21(4)14-12-13-20(2)3/h13,16,18-19,27,29H,5-12,14-15,17H2,1-4H3/b21-16+. The van der Waals surface area contributed by atoms with Crippen LogP contribution in [-0.4, -0.2) is 22.6 Å². The molecule has 0 aliphatic rings. The van der Waals surface area contributed by atoms with Crippen LogP contribution in [0.4, 0.5) is 0 Å². The Kier molecular flexibility index (Phi) is 12.6. The minimum Gasteiger partial charge on any atom is -0.508 e. The first-order chi connectivity index (χ1) is 14.3. The van der Waals surface area contributed by atoms with Gasteiger partial charge in [-0.15, -0.1) is 0 Å². The molecule has 0 heterocycles. The SMILES string of the molecule is CCCCCCCCCC(=O)c1c(O)cc(O)cc1OC/C=C(\C)CCC=C(C)C. The largest absolute Gasteiger partial charge is 0.508 e. The van der Waals surface area contributed by atoms with E-state index < -0.39 is 0 Å². The molecule has 0 aliphatic heterocycles. The average molecular weight is 417 g/mol. The highest BCUT2D eigenvalue weighted by molar-refractivity contribution is 6.01. The molecule has 1 aromatic rings. The van der Waals surface area contributed by atoms with E-state index in [1.54, 1.807) is 0 Å². The lowest BCUT2D eigenvalue weighted by atomic mass is 10.0. The van der Waals surface area contributed by atoms with E-state index in [0.717, 1.165) is 32.1 Å². The summed E-state index contributed by atoms with van der Waals surface area (Å²) in [5.74, 6) is -0.226. The number of benzene rings is 1. The van der Waals surface area contributed by atoms with Crippen LogP contribution in [0.1, 0.15) is 102 Å². The smallest absolute Gasteiger partial charge is 0.170 e. The molecule has 1 aromatic carbocycles. The van der Waals surface area contributed by atoms with E-state index >= 15 is 0 Å². The third kappa shape index (κ3) is 10.5. The molecule has 0 radical (unpaired) electrons. The second-order valence-electron chi connectivity index (χ2n) is 8.31. The molecule has 4 nitrogen and oxygen atoms in total. The first-order valence-electron chi connectivity index (χ1n) is 11.4. The lowest BCUT2D eigenvalue weighted by Crippen LogP contribution is -2.05. The van der Waals surface area contributed by atoms with Gasteiger partial charge in [-0.3, -0.25) is 4.79 Å². The van der Waals surface area contributed by atoms with Crippen LogP contribution in [-0.2, 0) is 0 Å². The molecule has 1 rings (SSSR count). The van der Waals surface area contributed by atoms with Gasteiger partial charge in [-0.25, -0.2) is 0 Å². The minimum atomic E-state index is -0.220. The molecule has 0 saturated heterocycles. The molecule has 0 aromatic heterocycles. The number of phenolic OH excluding ortho intramolecular Hbond substituents is 2. The maximum absolute atomic E-state index is 12.7. The van der Waals surface area contributed by atoms with Crippen LogP contribution in [0.2, 0.25) is 0 Å². The lowest BCUT2D eigenvalue weighted by molar-refractivity contribution is 0.0972. The molecule has 0 unspecified atom stereocenters. The van der Waals surface area contributed by atoms with E-state index in [1.165, 1.54) is 49.0 Å². The Hall–Kier alpha value is -2.23. The number of carbonyl (C=O) groups excluding carboxylic acids is 1. The van der Waals surface area contributed by atoms with Gasteiger partial charge < -0.3 is 14.9 Å². The van der Waals surface area contributed by atoms with Crippen LogP contribution >= 0.6 is 0 Å². The molecule has 0 amide bonds. The number of unbranched alkanes of at least 4 members (excludes halogenated alkanes) is 6. The monoisotopic (exact) mass is 416 g/mol. The van der Waals surface area contributed by atoms with E-state index in [1.807, 2.05) is 6.08 Å². The molecule has 0 bridgehead atoms. The summed E-state index contributed by atoms with van der Waals surface area (Å²) < 4.78 is 5.76. The fraction of sp³-hybridized carbons (Fsp3) is 0.577. The van der Waals surface area contributed by atoms with Crippen LogP contribution in [0.3, 0.4) is 0 Å². The number of phenols is 2. The topological polar surface area (TPSA) is 66.8 Å². The van der Waals surface area contributed by atoms with Crippen LogP contribution in [0.25, 0.3) is 0 Å². The summed E-state index contributed by atoms with van der Waals surface area (Å²) >= 11 is 0. The summed E-state index contributed by atoms with van der Waals surface area (Å²) in [4.78, 5) is 12.7. The third-order valence-electron chi connectivity index (χ3n) is 5.11. The maximum Gasteiger partial charge on any atom is 0.170 e. The molecule has 168 valence electrons. The predicted octanol–water partition coefficient (Wildman–Crippen LogP) is 7.49. The number of ketones is 1. The second kappa shape index (κ2) is 14.7. The molecule has 2 N–H and O–H groups in total. The van der Waals surface area contributed by atoms with Crippen molar-refractivity contribution >= 4 is 5.78 Å². The first-order valence-corrected chi connectivity index (χ1v) is 11.4. The molecule has 0 atom stereocenters. The van der Waals surface area contributed by atoms with E-state index in [9.17, 15) is 15.0 Å². The van der Waals surface area contributed by atoms with Gasteiger partial charge in [0.15, 0.2) is 5.78 Å². The van der Waals surface area contributed by atoms with E-state index in [2.05, 4.69) is 33.8 Å². The van der Waals surface area contributed by atoms with Crippen molar-refractivity contribution in [2.45, 2.75) is 91.9 Å². The van der Waals surface area contributed by atoms with Crippen molar-refractivity contribution in [2.24, 2.45) is 0 Å². The zero-order valence-electron chi connectivity index (χ0n) is 19.3. The predicted molar refractivity (Wildman–Crippen MR) is 125 cm³/mol. The van der Waals surface area contributed by atoms with Gasteiger partial charge >= 0.3 is 0 Å². The van der Waals surface area contributed by atoms with Gasteiger partial charge in [0.2, 0.25) is 0 Å². The van der Waals surface area contributed by atoms with Crippen molar-refractivity contribution in [3.63, 3.8) is 0 Å². The first kappa shape index (κ1) is 25.8. The van der Waals surface area contributed by atoms with Crippen LogP contribution in [0, 0.1) is 0 Å². The molecule has 30 heavy (non-hydrogen) atoms. The Balaban J connectivity index is 2.63. The number of allylic oxidation sites excluding steroid dienone is 3. The minimum absolute atomic E-state index is 0.112. The molecule has 0 saturated carbocycles. The summed E-state index contributed by atoms with van der Waals surface area (Å²) in [5.41, 5.74) is 2.68. The quantitative estimate of drug-likeness (QED) is 0.176. The number of carbonyl (C=O) groups is 1. The number of aromatic hydroxyl groups is 2. The van der Waals surface area contributed by atoms with E-state index in [0.29, 0.717) is 13.0 Å². The average Bonchev–Trinajstić information content (AvgIpc) is 2.66. The Morgan fingerprint density at radius 2 is 1.60 bits per heavy atom. The normalized spacial score (nSPS) is 11.4. The fourth-order valence-electron chi connectivity index (χ4n) is 3.31. The van der Waals surface area contributed by atoms with Gasteiger partial charge in [0.05, 0.1) is 0 Å². The van der Waals surface area contributed by atoms with Crippen molar-refractivity contribution in [1.82, 2.24) is 0 Å². The van der Waals surface area contributed by atoms with Gasteiger partial charge in [-0.05, 0) is 46.1 Å². The van der Waals surface area contributed by atoms with Crippen molar-refractivity contribution in [3.05, 3.63) is 41.0 Å². The van der Waals surface area contributed by atoms with Crippen molar-refractivity contribution in [1.29, 1.82) is 0 Å². The molecule has 0 aliphatic carbocycles. The van der Waals surface area contributed by atoms with Gasteiger partial charge in [-0.1, -0.05) is 62.7 Å². The van der Waals surface area contributed by atoms with Crippen molar-refractivity contribution in [2.75, 3.05) is 6.61 Å². The molecule has 4 heteroatoms.